The molecule has 5 nitrogen and oxygen atoms in total. The number of carbonyl (C=O) groups excluding carboxylic acids is 1. The Morgan fingerprint density at radius 2 is 2.43 bits per heavy atom. The molecule has 1 aromatic heterocycles. The Morgan fingerprint density at radius 3 is 3.00 bits per heavy atom. The van der Waals surface area contributed by atoms with Crippen molar-refractivity contribution in [3.05, 3.63) is 11.9 Å². The highest BCUT2D eigenvalue weighted by molar-refractivity contribution is 5.92. The Kier molecular flexibility index (Phi) is 3.64. The molecule has 0 aliphatic carbocycles. The van der Waals surface area contributed by atoms with Crippen molar-refractivity contribution in [1.29, 1.82) is 0 Å². The van der Waals surface area contributed by atoms with Crippen molar-refractivity contribution in [2.75, 3.05) is 19.0 Å². The van der Waals surface area contributed by atoms with Crippen LogP contribution >= 0.6 is 0 Å². The van der Waals surface area contributed by atoms with E-state index in [-0.39, 0.29) is 12.5 Å². The van der Waals surface area contributed by atoms with Gasteiger partial charge < -0.3 is 10.1 Å². The minimum Gasteiger partial charge on any atom is -0.375 e. The summed E-state index contributed by atoms with van der Waals surface area (Å²) in [5.41, 5.74) is 1.65. The van der Waals surface area contributed by atoms with Crippen molar-refractivity contribution in [1.82, 2.24) is 9.78 Å². The third-order valence-electron chi connectivity index (χ3n) is 1.79. The number of anilines is 1. The number of methoxy groups -OCH3 is 1. The van der Waals surface area contributed by atoms with Crippen LogP contribution in [0.4, 0.5) is 5.69 Å². The fourth-order valence-corrected chi connectivity index (χ4v) is 1.22. The lowest BCUT2D eigenvalue weighted by Crippen LogP contribution is -2.17. The predicted octanol–water partition coefficient (Wildman–Crippen LogP) is 0.567. The third-order valence-corrected chi connectivity index (χ3v) is 1.79. The minimum absolute atomic E-state index is 0.0675. The fourth-order valence-electron chi connectivity index (χ4n) is 1.22. The lowest BCUT2D eigenvalue weighted by Gasteiger charge is -2.02. The number of nitrogens with one attached hydrogen (secondary N) is 1. The van der Waals surface area contributed by atoms with Gasteiger partial charge in [-0.1, -0.05) is 6.92 Å². The van der Waals surface area contributed by atoms with Crippen LogP contribution in [0.15, 0.2) is 6.20 Å². The molecule has 0 aliphatic heterocycles. The zero-order valence-corrected chi connectivity index (χ0v) is 8.70. The van der Waals surface area contributed by atoms with Gasteiger partial charge in [0, 0.05) is 20.4 Å². The van der Waals surface area contributed by atoms with Gasteiger partial charge in [0.15, 0.2) is 0 Å². The van der Waals surface area contributed by atoms with Crippen LogP contribution in [0, 0.1) is 0 Å². The van der Waals surface area contributed by atoms with E-state index in [2.05, 4.69) is 10.4 Å². The molecule has 0 bridgehead atoms. The van der Waals surface area contributed by atoms with Crippen LogP contribution in [0.1, 0.15) is 12.6 Å². The second-order valence-electron chi connectivity index (χ2n) is 3.00. The van der Waals surface area contributed by atoms with Gasteiger partial charge in [-0.15, -0.1) is 0 Å². The summed E-state index contributed by atoms with van der Waals surface area (Å²) in [6.45, 7) is 2.06. The maximum absolute atomic E-state index is 11.2. The molecule has 1 rings (SSSR count). The molecule has 14 heavy (non-hydrogen) atoms. The first-order valence-corrected chi connectivity index (χ1v) is 4.48. The first-order valence-electron chi connectivity index (χ1n) is 4.48. The molecule has 0 fully saturated rings. The van der Waals surface area contributed by atoms with E-state index in [9.17, 15) is 4.79 Å². The molecule has 0 saturated carbocycles. The fraction of sp³-hybridized carbons (Fsp3) is 0.556. The van der Waals surface area contributed by atoms with Crippen molar-refractivity contribution in [2.24, 2.45) is 7.05 Å². The van der Waals surface area contributed by atoms with Crippen molar-refractivity contribution >= 4 is 11.6 Å². The van der Waals surface area contributed by atoms with E-state index in [4.69, 9.17) is 4.74 Å². The van der Waals surface area contributed by atoms with Gasteiger partial charge in [0.05, 0.1) is 11.4 Å². The Labute approximate surface area is 83.1 Å². The standard InChI is InChI=1S/C9H15N3O2/c1-4-7-8(5-12(2)11-7)10-9(13)6-14-3/h5H,4,6H2,1-3H3,(H,10,13). The molecule has 1 N–H and O–H groups in total. The topological polar surface area (TPSA) is 56.2 Å². The zero-order chi connectivity index (χ0) is 10.6. The highest BCUT2D eigenvalue weighted by atomic mass is 16.5. The summed E-state index contributed by atoms with van der Waals surface area (Å²) in [4.78, 5) is 11.2. The third kappa shape index (κ3) is 2.56. The quantitative estimate of drug-likeness (QED) is 0.767. The molecule has 5 heteroatoms. The van der Waals surface area contributed by atoms with Gasteiger partial charge in [0.2, 0.25) is 5.91 Å². The second kappa shape index (κ2) is 4.76. The molecular formula is C9H15N3O2. The normalized spacial score (nSPS) is 10.2. The van der Waals surface area contributed by atoms with Gasteiger partial charge in [-0.2, -0.15) is 5.10 Å². The number of carbonyl (C=O) groups is 1. The maximum Gasteiger partial charge on any atom is 0.250 e. The van der Waals surface area contributed by atoms with E-state index < -0.39 is 0 Å². The van der Waals surface area contributed by atoms with Gasteiger partial charge in [-0.3, -0.25) is 9.48 Å². The number of hydrogen-bond acceptors (Lipinski definition) is 3. The summed E-state index contributed by atoms with van der Waals surface area (Å²) in [7, 11) is 3.31. The Bertz CT molecular complexity index is 320. The van der Waals surface area contributed by atoms with Gasteiger partial charge in [-0.05, 0) is 6.42 Å². The van der Waals surface area contributed by atoms with Crippen LogP contribution < -0.4 is 5.32 Å². The highest BCUT2D eigenvalue weighted by Crippen LogP contribution is 2.13. The number of amides is 1. The maximum atomic E-state index is 11.2. The van der Waals surface area contributed by atoms with E-state index in [0.29, 0.717) is 0 Å². The average Bonchev–Trinajstić information content (AvgIpc) is 2.46. The van der Waals surface area contributed by atoms with Crippen LogP contribution in [0.2, 0.25) is 0 Å². The second-order valence-corrected chi connectivity index (χ2v) is 3.00. The monoisotopic (exact) mass is 197 g/mol. The summed E-state index contributed by atoms with van der Waals surface area (Å²) in [6, 6.07) is 0. The lowest BCUT2D eigenvalue weighted by molar-refractivity contribution is -0.119. The van der Waals surface area contributed by atoms with Gasteiger partial charge in [-0.25, -0.2) is 0 Å². The molecule has 0 saturated heterocycles. The predicted molar refractivity (Wildman–Crippen MR) is 53.1 cm³/mol. The molecule has 0 radical (unpaired) electrons. The largest absolute Gasteiger partial charge is 0.375 e. The van der Waals surface area contributed by atoms with E-state index in [1.165, 1.54) is 7.11 Å². The summed E-state index contributed by atoms with van der Waals surface area (Å²) in [6.07, 6.45) is 2.58. The van der Waals surface area contributed by atoms with E-state index in [0.717, 1.165) is 17.8 Å². The van der Waals surface area contributed by atoms with Crippen molar-refractivity contribution in [3.63, 3.8) is 0 Å². The van der Waals surface area contributed by atoms with E-state index in [1.807, 2.05) is 14.0 Å². The smallest absolute Gasteiger partial charge is 0.250 e. The molecule has 0 spiro atoms. The number of aromatic nitrogens is 2. The van der Waals surface area contributed by atoms with Crippen LogP contribution in [0.5, 0.6) is 0 Å². The molecule has 1 aromatic rings. The summed E-state index contributed by atoms with van der Waals surface area (Å²) < 4.78 is 6.40. The molecule has 0 atom stereocenters. The van der Waals surface area contributed by atoms with Crippen LogP contribution in [0.25, 0.3) is 0 Å². The van der Waals surface area contributed by atoms with Gasteiger partial charge in [0.25, 0.3) is 0 Å². The number of nitrogens with zero attached hydrogens (tertiary/aromatic N) is 2. The van der Waals surface area contributed by atoms with Crippen LogP contribution in [-0.2, 0) is 23.0 Å². The van der Waals surface area contributed by atoms with E-state index >= 15 is 0 Å². The summed E-state index contributed by atoms with van der Waals surface area (Å²) in [5, 5.41) is 6.94. The Morgan fingerprint density at radius 1 is 1.71 bits per heavy atom. The Hall–Kier alpha value is -1.36. The first-order chi connectivity index (χ1) is 6.67. The molecule has 0 aromatic carbocycles. The number of ether oxygens (including phenoxy) is 1. The Balaban J connectivity index is 2.70. The summed E-state index contributed by atoms with van der Waals surface area (Å²) >= 11 is 0. The molecular weight excluding hydrogens is 182 g/mol. The average molecular weight is 197 g/mol. The zero-order valence-electron chi connectivity index (χ0n) is 8.70. The minimum atomic E-state index is -0.157. The molecule has 1 amide bonds. The van der Waals surface area contributed by atoms with Gasteiger partial charge in [0.1, 0.15) is 6.61 Å². The first kappa shape index (κ1) is 10.7. The van der Waals surface area contributed by atoms with Crippen molar-refractivity contribution in [3.8, 4) is 0 Å². The summed E-state index contributed by atoms with van der Waals surface area (Å²) in [5.74, 6) is -0.157. The van der Waals surface area contributed by atoms with Crippen LogP contribution in [-0.4, -0.2) is 29.4 Å². The van der Waals surface area contributed by atoms with Gasteiger partial charge >= 0.3 is 0 Å². The number of rotatable bonds is 4. The van der Waals surface area contributed by atoms with Crippen molar-refractivity contribution in [2.45, 2.75) is 13.3 Å². The molecule has 0 aliphatic rings. The number of hydrogen-bond donors (Lipinski definition) is 1. The number of aryl methyl sites for hydroxylation is 2. The molecule has 78 valence electrons. The SMILES string of the molecule is CCc1nn(C)cc1NC(=O)COC. The van der Waals surface area contributed by atoms with Crippen molar-refractivity contribution < 1.29 is 9.53 Å². The highest BCUT2D eigenvalue weighted by Gasteiger charge is 2.08. The van der Waals surface area contributed by atoms with Crippen LogP contribution in [0.3, 0.4) is 0 Å². The molecule has 1 heterocycles. The molecule has 0 unspecified atom stereocenters. The van der Waals surface area contributed by atoms with E-state index in [1.54, 1.807) is 10.9 Å². The lowest BCUT2D eigenvalue weighted by atomic mass is 10.3.